The number of ether oxygens (including phenoxy) is 2. The molecule has 0 aliphatic carbocycles. The first-order chi connectivity index (χ1) is 41.7. The summed E-state index contributed by atoms with van der Waals surface area (Å²) in [6.07, 6.45) is 3.73. The van der Waals surface area contributed by atoms with Gasteiger partial charge in [0.25, 0.3) is 5.91 Å². The first-order valence-electron chi connectivity index (χ1n) is 30.3. The number of carbonyl (C=O) groups is 6. The monoisotopic (exact) mass is 1230 g/mol. The zero-order valence-electron chi connectivity index (χ0n) is 50.5. The number of hydrogen-bond acceptors (Lipinski definition) is 13. The van der Waals surface area contributed by atoms with Crippen molar-refractivity contribution >= 4 is 76.3 Å². The summed E-state index contributed by atoms with van der Waals surface area (Å²) in [5, 5.41) is 8.49. The molecular formula is C65H79F2N8O10PS. The number of imidazole rings is 1. The Morgan fingerprint density at radius 1 is 0.885 bits per heavy atom. The number of aromatic nitrogens is 2. The highest BCUT2D eigenvalue weighted by Crippen LogP contribution is 2.48. The van der Waals surface area contributed by atoms with Gasteiger partial charge in [-0.15, -0.1) is 11.3 Å². The summed E-state index contributed by atoms with van der Waals surface area (Å²) >= 11 is 1.06. The number of carbonyl (C=O) groups excluding carboxylic acids is 6. The van der Waals surface area contributed by atoms with Crippen LogP contribution >= 0.6 is 19.6 Å². The molecule has 18 nitrogen and oxygen atoms in total. The molecule has 3 N–H and O–H groups in total. The first kappa shape index (κ1) is 63.1. The van der Waals surface area contributed by atoms with Gasteiger partial charge in [-0.3, -0.25) is 48.1 Å². The highest BCUT2D eigenvalue weighted by atomic mass is 32.1. The summed E-state index contributed by atoms with van der Waals surface area (Å²) in [5.41, 5.74) is 2.22. The highest BCUT2D eigenvalue weighted by molar-refractivity contribution is 7.51. The molecule has 2 aromatic heterocycles. The summed E-state index contributed by atoms with van der Waals surface area (Å²) in [4.78, 5) is 102. The van der Waals surface area contributed by atoms with E-state index in [9.17, 15) is 24.0 Å². The number of piperidine rings is 2. The van der Waals surface area contributed by atoms with Gasteiger partial charge in [-0.2, -0.15) is 0 Å². The van der Waals surface area contributed by atoms with Crippen LogP contribution in [-0.2, 0) is 47.0 Å². The molecule has 4 aliphatic heterocycles. The predicted molar refractivity (Wildman–Crippen MR) is 330 cm³/mol. The zero-order chi connectivity index (χ0) is 61.8. The molecule has 22 heteroatoms. The number of para-hydroxylation sites is 1. The van der Waals surface area contributed by atoms with Gasteiger partial charge in [0.2, 0.25) is 23.6 Å². The molecule has 0 radical (unpaired) electrons. The van der Waals surface area contributed by atoms with E-state index in [-0.39, 0.29) is 76.6 Å². The Bertz CT molecular complexity index is 3550. The van der Waals surface area contributed by atoms with E-state index in [1.54, 1.807) is 66.8 Å². The minimum Gasteiger partial charge on any atom is -0.465 e. The maximum Gasteiger partial charge on any atom is 0.329 e. The summed E-state index contributed by atoms with van der Waals surface area (Å²) in [6.45, 7) is 14.3. The summed E-state index contributed by atoms with van der Waals surface area (Å²) < 4.78 is 54.8. The molecule has 3 unspecified atom stereocenters. The normalized spacial score (nSPS) is 21.5. The molecule has 5 amide bonds. The average molecular weight is 1230 g/mol. The van der Waals surface area contributed by atoms with Crippen LogP contribution in [-0.4, -0.2) is 129 Å². The lowest BCUT2D eigenvalue weighted by atomic mass is 9.82. The molecule has 0 bridgehead atoms. The van der Waals surface area contributed by atoms with Crippen LogP contribution in [0.1, 0.15) is 131 Å². The van der Waals surface area contributed by atoms with Crippen LogP contribution in [0.4, 0.5) is 8.78 Å². The molecule has 4 fully saturated rings. The van der Waals surface area contributed by atoms with Gasteiger partial charge in [0.15, 0.2) is 14.2 Å². The van der Waals surface area contributed by atoms with E-state index in [2.05, 4.69) is 20.6 Å². The zero-order valence-corrected chi connectivity index (χ0v) is 52.2. The van der Waals surface area contributed by atoms with Crippen molar-refractivity contribution in [3.05, 3.63) is 135 Å². The fourth-order valence-electron chi connectivity index (χ4n) is 12.6. The topological polar surface area (TPSA) is 203 Å². The minimum absolute atomic E-state index is 0.0560. The van der Waals surface area contributed by atoms with Crippen LogP contribution < -0.4 is 25.9 Å². The van der Waals surface area contributed by atoms with Gasteiger partial charge in [-0.25, -0.2) is 18.7 Å². The van der Waals surface area contributed by atoms with Gasteiger partial charge >= 0.3 is 11.7 Å². The van der Waals surface area contributed by atoms with E-state index in [4.69, 9.17) is 14.0 Å². The number of alkyl halides is 1. The number of esters is 1. The van der Waals surface area contributed by atoms with Gasteiger partial charge in [-0.05, 0) is 129 Å². The Morgan fingerprint density at radius 3 is 2.31 bits per heavy atom. The number of morpholine rings is 1. The lowest BCUT2D eigenvalue weighted by Gasteiger charge is -2.40. The highest BCUT2D eigenvalue weighted by Gasteiger charge is 2.49. The Kier molecular flexibility index (Phi) is 19.8. The SMILES string of the molecule is CCCOC(=O)[C@H](C)NP(Oc1ccccc1)C(F)[C@@H](C)c1ccc2sc(C(=O)N[C@H](C(=O)N3CC[C@@H](CC4CCN(Cc5ccc6c(c5)n(C)c(=O)n6C5CCC(=O)NC5=O)CC4)[C@H]3C(=O)N3CCO[C@H](c4ccccc4)C3)C(C)(C)C)cc2c1F. The average Bonchev–Trinajstić information content (AvgIpc) is 1.91. The fraction of sp³-hybridized carbons (Fsp3) is 0.492. The fourth-order valence-corrected chi connectivity index (χ4v) is 15.3. The van der Waals surface area contributed by atoms with Crippen molar-refractivity contribution in [3.8, 4) is 5.75 Å². The summed E-state index contributed by atoms with van der Waals surface area (Å²) in [7, 11) is -0.534. The third-order valence-electron chi connectivity index (χ3n) is 17.5. The molecular weight excluding hydrogens is 1150 g/mol. The number of thiophene rings is 1. The molecule has 9 atom stereocenters. The number of imide groups is 1. The van der Waals surface area contributed by atoms with Crippen molar-refractivity contribution in [1.82, 2.24) is 39.6 Å². The first-order valence-corrected chi connectivity index (χ1v) is 32.5. The second kappa shape index (κ2) is 27.2. The number of nitrogens with zero attached hydrogens (tertiary/aromatic N) is 5. The number of benzene rings is 4. The third kappa shape index (κ3) is 14.0. The van der Waals surface area contributed by atoms with Crippen molar-refractivity contribution in [2.75, 3.05) is 45.9 Å². The van der Waals surface area contributed by atoms with E-state index in [0.717, 1.165) is 54.8 Å². The summed E-state index contributed by atoms with van der Waals surface area (Å²) in [5.74, 6) is -5.60. The molecule has 6 aromatic rings. The molecule has 6 heterocycles. The van der Waals surface area contributed by atoms with Gasteiger partial charge in [-0.1, -0.05) is 95.3 Å². The van der Waals surface area contributed by atoms with Crippen LogP contribution in [0.2, 0.25) is 0 Å². The van der Waals surface area contributed by atoms with Crippen molar-refractivity contribution in [2.24, 2.45) is 24.3 Å². The second-order valence-corrected chi connectivity index (χ2v) is 27.4. The molecule has 0 saturated carbocycles. The molecule has 464 valence electrons. The van der Waals surface area contributed by atoms with Gasteiger partial charge in [0.1, 0.15) is 41.8 Å². The molecule has 4 aromatic carbocycles. The number of rotatable bonds is 20. The van der Waals surface area contributed by atoms with E-state index >= 15 is 18.4 Å². The lowest BCUT2D eigenvalue weighted by Crippen LogP contribution is -2.59. The lowest BCUT2D eigenvalue weighted by molar-refractivity contribution is -0.152. The van der Waals surface area contributed by atoms with Crippen molar-refractivity contribution in [1.29, 1.82) is 0 Å². The number of amides is 5. The maximum absolute atomic E-state index is 16.9. The van der Waals surface area contributed by atoms with Crippen molar-refractivity contribution < 1.29 is 51.5 Å². The van der Waals surface area contributed by atoms with Gasteiger partial charge < -0.3 is 29.1 Å². The van der Waals surface area contributed by atoms with Crippen LogP contribution in [0.15, 0.2) is 102 Å². The Morgan fingerprint density at radius 2 is 1.61 bits per heavy atom. The largest absolute Gasteiger partial charge is 0.465 e. The van der Waals surface area contributed by atoms with Crippen LogP contribution in [0.25, 0.3) is 21.1 Å². The number of nitrogens with one attached hydrogen (secondary N) is 3. The molecule has 4 aliphatic rings. The Balaban J connectivity index is 0.842. The third-order valence-corrected chi connectivity index (χ3v) is 20.6. The van der Waals surface area contributed by atoms with E-state index in [1.807, 2.05) is 81.1 Å². The smallest absolute Gasteiger partial charge is 0.329 e. The van der Waals surface area contributed by atoms with Crippen molar-refractivity contribution in [3.63, 3.8) is 0 Å². The molecule has 10 rings (SSSR count). The number of fused-ring (bicyclic) bond motifs is 2. The molecule has 87 heavy (non-hydrogen) atoms. The minimum atomic E-state index is -2.22. The van der Waals surface area contributed by atoms with Crippen molar-refractivity contribution in [2.45, 2.75) is 135 Å². The van der Waals surface area contributed by atoms with Crippen LogP contribution in [0.3, 0.4) is 0 Å². The van der Waals surface area contributed by atoms with Crippen LogP contribution in [0, 0.1) is 23.1 Å². The van der Waals surface area contributed by atoms with Gasteiger partial charge in [0, 0.05) is 49.1 Å². The number of hydrogen-bond donors (Lipinski definition) is 3. The van der Waals surface area contributed by atoms with Crippen LogP contribution in [0.5, 0.6) is 5.75 Å². The van der Waals surface area contributed by atoms with E-state index in [1.165, 1.54) is 16.7 Å². The second-order valence-electron chi connectivity index (χ2n) is 24.7. The quantitative estimate of drug-likeness (QED) is 0.0372. The maximum atomic E-state index is 16.9. The summed E-state index contributed by atoms with van der Waals surface area (Å²) in [6, 6.07) is 25.3. The van der Waals surface area contributed by atoms with E-state index in [0.29, 0.717) is 67.1 Å². The Labute approximate surface area is 511 Å². The van der Waals surface area contributed by atoms with E-state index < -0.39 is 73.3 Å². The van der Waals surface area contributed by atoms with Gasteiger partial charge in [0.05, 0.1) is 35.7 Å². The molecule has 0 spiro atoms. The number of halogens is 2. The standard InChI is InChI=1S/C65H79F2N8O10PS/c1-8-32-84-63(81)40(3)70-86(85-45-17-13-10-14-18-45)58(67)39(2)46-20-23-52-47(55(46)66)36-53(87-52)60(78)69-57(65(4,5)6)62(80)74-30-27-44(56(74)61(79)73-31-33-83-51(38-73)43-15-11-9-12-16-43)34-41-25-28-72(29-26-41)37-42-19-21-48-50(35-42)71(7)64(82)75(48)49-22-24-54(76)68-59(49)77/h9-21,23,35-36,39-41,44,49,51,56-58,70H,8,22,24-34,37-38H2,1-7H3,(H,69,78)(H,68,76,77)/t39-,40-,44-,49?,51-,56-,57+,58?,86?/m0/s1. The number of likely N-dealkylation sites (tertiary alicyclic amines) is 2. The Hall–Kier alpha value is -6.90. The molecule has 4 saturated heterocycles. The number of aryl methyl sites for hydroxylation is 1. The predicted octanol–water partition coefficient (Wildman–Crippen LogP) is 9.66.